The SMILES string of the molecule is CCc1cc(C(=O)N2CC[C@@]3(CCCN(CC4CC4)C3=O)C2)on1. The van der Waals surface area contributed by atoms with Crippen LogP contribution < -0.4 is 0 Å². The third kappa shape index (κ3) is 2.72. The summed E-state index contributed by atoms with van der Waals surface area (Å²) in [6, 6.07) is 1.72. The van der Waals surface area contributed by atoms with Crippen LogP contribution in [0, 0.1) is 11.3 Å². The van der Waals surface area contributed by atoms with Crippen molar-refractivity contribution in [2.45, 2.75) is 45.4 Å². The Morgan fingerprint density at radius 1 is 1.38 bits per heavy atom. The van der Waals surface area contributed by atoms with Gasteiger partial charge in [0.1, 0.15) is 0 Å². The second-order valence-corrected chi connectivity index (χ2v) is 7.59. The van der Waals surface area contributed by atoms with Gasteiger partial charge < -0.3 is 14.3 Å². The molecule has 1 aromatic rings. The molecule has 3 fully saturated rings. The molecule has 0 bridgehead atoms. The standard InChI is InChI=1S/C18H25N3O3/c1-2-14-10-15(24-19-14)16(22)21-9-7-18(12-21)6-3-8-20(17(18)23)11-13-4-5-13/h10,13H,2-9,11-12H2,1H3/t18-/m0/s1. The summed E-state index contributed by atoms with van der Waals surface area (Å²) in [6.07, 6.45) is 5.97. The zero-order valence-electron chi connectivity index (χ0n) is 14.3. The van der Waals surface area contributed by atoms with Gasteiger partial charge in [-0.1, -0.05) is 12.1 Å². The average Bonchev–Trinajstić information content (AvgIpc) is 3.12. The lowest BCUT2D eigenvalue weighted by Gasteiger charge is -2.39. The van der Waals surface area contributed by atoms with Gasteiger partial charge >= 0.3 is 0 Å². The summed E-state index contributed by atoms with van der Waals surface area (Å²) in [7, 11) is 0. The third-order valence-corrected chi connectivity index (χ3v) is 5.77. The molecule has 130 valence electrons. The highest BCUT2D eigenvalue weighted by atomic mass is 16.5. The Hall–Kier alpha value is -1.85. The van der Waals surface area contributed by atoms with Crippen LogP contribution in [0.1, 0.15) is 55.3 Å². The number of hydrogen-bond donors (Lipinski definition) is 0. The van der Waals surface area contributed by atoms with Crippen molar-refractivity contribution >= 4 is 11.8 Å². The molecule has 24 heavy (non-hydrogen) atoms. The molecule has 2 saturated heterocycles. The first-order valence-electron chi connectivity index (χ1n) is 9.15. The van der Waals surface area contributed by atoms with Gasteiger partial charge in [0.2, 0.25) is 11.7 Å². The monoisotopic (exact) mass is 331 g/mol. The van der Waals surface area contributed by atoms with E-state index in [2.05, 4.69) is 10.1 Å². The number of nitrogens with zero attached hydrogens (tertiary/aromatic N) is 3. The van der Waals surface area contributed by atoms with E-state index >= 15 is 0 Å². The van der Waals surface area contributed by atoms with Crippen molar-refractivity contribution in [1.29, 1.82) is 0 Å². The van der Waals surface area contributed by atoms with Crippen molar-refractivity contribution in [3.8, 4) is 0 Å². The van der Waals surface area contributed by atoms with E-state index in [1.165, 1.54) is 12.8 Å². The quantitative estimate of drug-likeness (QED) is 0.847. The van der Waals surface area contributed by atoms with Crippen LogP contribution in [0.15, 0.2) is 10.6 Å². The number of piperidine rings is 1. The zero-order valence-corrected chi connectivity index (χ0v) is 14.3. The fourth-order valence-corrected chi connectivity index (χ4v) is 4.10. The molecular formula is C18H25N3O3. The van der Waals surface area contributed by atoms with Crippen LogP contribution in [0.3, 0.4) is 0 Å². The molecule has 4 rings (SSSR count). The lowest BCUT2D eigenvalue weighted by atomic mass is 9.78. The maximum absolute atomic E-state index is 13.0. The fraction of sp³-hybridized carbons (Fsp3) is 0.722. The Bertz CT molecular complexity index is 652. The van der Waals surface area contributed by atoms with Crippen molar-refractivity contribution in [1.82, 2.24) is 15.0 Å². The summed E-state index contributed by atoms with van der Waals surface area (Å²) >= 11 is 0. The molecule has 0 radical (unpaired) electrons. The molecule has 3 heterocycles. The van der Waals surface area contributed by atoms with Gasteiger partial charge in [0.25, 0.3) is 5.91 Å². The fourth-order valence-electron chi connectivity index (χ4n) is 4.10. The summed E-state index contributed by atoms with van der Waals surface area (Å²) < 4.78 is 5.18. The number of hydrogen-bond acceptors (Lipinski definition) is 4. The van der Waals surface area contributed by atoms with Crippen molar-refractivity contribution in [2.24, 2.45) is 11.3 Å². The van der Waals surface area contributed by atoms with Gasteiger partial charge in [-0.25, -0.2) is 0 Å². The molecule has 0 N–H and O–H groups in total. The Morgan fingerprint density at radius 2 is 2.21 bits per heavy atom. The molecule has 2 amide bonds. The van der Waals surface area contributed by atoms with Crippen molar-refractivity contribution in [2.75, 3.05) is 26.2 Å². The number of aryl methyl sites for hydroxylation is 1. The summed E-state index contributed by atoms with van der Waals surface area (Å²) in [5.74, 6) is 1.14. The van der Waals surface area contributed by atoms with Crippen LogP contribution in [0.4, 0.5) is 0 Å². The Balaban J connectivity index is 1.46. The molecule has 0 unspecified atom stereocenters. The van der Waals surface area contributed by atoms with Crippen LogP contribution in [-0.4, -0.2) is 52.9 Å². The molecule has 1 atom stereocenters. The molecule has 3 aliphatic rings. The first-order valence-corrected chi connectivity index (χ1v) is 9.15. The largest absolute Gasteiger partial charge is 0.351 e. The molecule has 6 heteroatoms. The minimum atomic E-state index is -0.365. The van der Waals surface area contributed by atoms with Crippen LogP contribution in [-0.2, 0) is 11.2 Å². The van der Waals surface area contributed by atoms with Crippen LogP contribution in [0.25, 0.3) is 0 Å². The maximum Gasteiger partial charge on any atom is 0.292 e. The lowest BCUT2D eigenvalue weighted by molar-refractivity contribution is -0.145. The highest BCUT2D eigenvalue weighted by Gasteiger charge is 2.50. The second kappa shape index (κ2) is 5.90. The predicted molar refractivity (Wildman–Crippen MR) is 87.4 cm³/mol. The van der Waals surface area contributed by atoms with Crippen molar-refractivity contribution < 1.29 is 14.1 Å². The first kappa shape index (κ1) is 15.7. The van der Waals surface area contributed by atoms with Gasteiger partial charge in [-0.2, -0.15) is 0 Å². The molecule has 2 aliphatic heterocycles. The smallest absolute Gasteiger partial charge is 0.292 e. The van der Waals surface area contributed by atoms with Gasteiger partial charge in [0, 0.05) is 32.2 Å². The van der Waals surface area contributed by atoms with Gasteiger partial charge in [-0.3, -0.25) is 9.59 Å². The lowest BCUT2D eigenvalue weighted by Crippen LogP contribution is -2.50. The minimum Gasteiger partial charge on any atom is -0.351 e. The Kier molecular flexibility index (Phi) is 3.85. The van der Waals surface area contributed by atoms with Crippen LogP contribution >= 0.6 is 0 Å². The maximum atomic E-state index is 13.0. The van der Waals surface area contributed by atoms with E-state index in [4.69, 9.17) is 4.52 Å². The predicted octanol–water partition coefficient (Wildman–Crippen LogP) is 2.10. The number of aromatic nitrogens is 1. The van der Waals surface area contributed by atoms with Crippen LogP contribution in [0.5, 0.6) is 0 Å². The normalized spacial score (nSPS) is 27.3. The van der Waals surface area contributed by atoms with E-state index < -0.39 is 0 Å². The van der Waals surface area contributed by atoms with E-state index in [-0.39, 0.29) is 17.2 Å². The Labute approximate surface area is 142 Å². The van der Waals surface area contributed by atoms with Gasteiger partial charge in [0.15, 0.2) is 0 Å². The average molecular weight is 331 g/mol. The minimum absolute atomic E-state index is 0.133. The van der Waals surface area contributed by atoms with Crippen molar-refractivity contribution in [3.05, 3.63) is 17.5 Å². The molecule has 1 saturated carbocycles. The number of likely N-dealkylation sites (tertiary alicyclic amines) is 2. The molecular weight excluding hydrogens is 306 g/mol. The Morgan fingerprint density at radius 3 is 2.92 bits per heavy atom. The van der Waals surface area contributed by atoms with E-state index in [1.807, 2.05) is 6.92 Å². The highest BCUT2D eigenvalue weighted by Crippen LogP contribution is 2.42. The molecule has 1 spiro atoms. The summed E-state index contributed by atoms with van der Waals surface area (Å²) in [5.41, 5.74) is 0.424. The second-order valence-electron chi connectivity index (χ2n) is 7.59. The molecule has 6 nitrogen and oxygen atoms in total. The van der Waals surface area contributed by atoms with E-state index in [1.54, 1.807) is 11.0 Å². The summed E-state index contributed by atoms with van der Waals surface area (Å²) in [4.78, 5) is 29.5. The van der Waals surface area contributed by atoms with Gasteiger partial charge in [-0.05, 0) is 44.4 Å². The topological polar surface area (TPSA) is 66.7 Å². The van der Waals surface area contributed by atoms with E-state index in [0.717, 1.165) is 44.5 Å². The van der Waals surface area contributed by atoms with Crippen LogP contribution in [0.2, 0.25) is 0 Å². The number of carbonyl (C=O) groups is 2. The highest BCUT2D eigenvalue weighted by molar-refractivity contribution is 5.93. The number of rotatable bonds is 4. The molecule has 0 aromatic carbocycles. The number of carbonyl (C=O) groups excluding carboxylic acids is 2. The van der Waals surface area contributed by atoms with E-state index in [0.29, 0.717) is 24.8 Å². The molecule has 1 aliphatic carbocycles. The van der Waals surface area contributed by atoms with Crippen molar-refractivity contribution in [3.63, 3.8) is 0 Å². The zero-order chi connectivity index (χ0) is 16.7. The first-order chi connectivity index (χ1) is 11.6. The van der Waals surface area contributed by atoms with Gasteiger partial charge in [-0.15, -0.1) is 0 Å². The summed E-state index contributed by atoms with van der Waals surface area (Å²) in [6.45, 7) is 4.92. The van der Waals surface area contributed by atoms with E-state index in [9.17, 15) is 9.59 Å². The third-order valence-electron chi connectivity index (χ3n) is 5.77. The van der Waals surface area contributed by atoms with Gasteiger partial charge in [0.05, 0.1) is 11.1 Å². The number of amides is 2. The molecule has 1 aromatic heterocycles. The summed E-state index contributed by atoms with van der Waals surface area (Å²) in [5, 5.41) is 3.90.